The molecule has 0 bridgehead atoms. The summed E-state index contributed by atoms with van der Waals surface area (Å²) in [6, 6.07) is 17.0. The van der Waals surface area contributed by atoms with Crippen LogP contribution < -0.4 is 15.4 Å². The molecule has 0 radical (unpaired) electrons. The second-order valence-electron chi connectivity index (χ2n) is 8.11. The van der Waals surface area contributed by atoms with Gasteiger partial charge in [-0.1, -0.05) is 25.0 Å². The van der Waals surface area contributed by atoms with Crippen LogP contribution in [-0.2, 0) is 6.61 Å². The molecule has 1 fully saturated rings. The lowest BCUT2D eigenvalue weighted by atomic mass is 10.1. The van der Waals surface area contributed by atoms with E-state index < -0.39 is 0 Å². The summed E-state index contributed by atoms with van der Waals surface area (Å²) in [4.78, 5) is 28.9. The lowest BCUT2D eigenvalue weighted by Gasteiger charge is -2.20. The Labute approximate surface area is 191 Å². The lowest BCUT2D eigenvalue weighted by molar-refractivity contribution is 0.103. The maximum atomic E-state index is 12.8. The molecule has 164 valence electrons. The summed E-state index contributed by atoms with van der Waals surface area (Å²) in [5.74, 6) is 0.704. The molecular formula is C25H25N3O3S. The summed E-state index contributed by atoms with van der Waals surface area (Å²) in [5, 5.41) is 5.91. The van der Waals surface area contributed by atoms with Crippen molar-refractivity contribution in [2.75, 3.05) is 23.7 Å². The number of likely N-dealkylation sites (tertiary alicyclic amines) is 1. The molecule has 3 heterocycles. The second kappa shape index (κ2) is 9.04. The van der Waals surface area contributed by atoms with Crippen LogP contribution in [0.5, 0.6) is 5.75 Å². The number of carbonyl (C=O) groups is 2. The Balaban J connectivity index is 1.23. The van der Waals surface area contributed by atoms with Crippen LogP contribution in [0.25, 0.3) is 10.4 Å². The highest BCUT2D eigenvalue weighted by molar-refractivity contribution is 7.17. The number of hydrogen-bond acceptors (Lipinski definition) is 4. The van der Waals surface area contributed by atoms with E-state index >= 15 is 0 Å². The Kier molecular flexibility index (Phi) is 5.81. The summed E-state index contributed by atoms with van der Waals surface area (Å²) >= 11 is 1.48. The van der Waals surface area contributed by atoms with E-state index in [0.717, 1.165) is 53.4 Å². The van der Waals surface area contributed by atoms with Crippen molar-refractivity contribution in [3.05, 3.63) is 65.0 Å². The van der Waals surface area contributed by atoms with Gasteiger partial charge in [-0.25, -0.2) is 4.79 Å². The average Bonchev–Trinajstić information content (AvgIpc) is 3.08. The monoisotopic (exact) mass is 447 g/mol. The van der Waals surface area contributed by atoms with Crippen LogP contribution in [0.1, 0.15) is 40.9 Å². The maximum Gasteiger partial charge on any atom is 0.321 e. The van der Waals surface area contributed by atoms with Gasteiger partial charge in [-0.2, -0.15) is 0 Å². The largest absolute Gasteiger partial charge is 0.488 e. The predicted molar refractivity (Wildman–Crippen MR) is 128 cm³/mol. The molecule has 2 aliphatic rings. The summed E-state index contributed by atoms with van der Waals surface area (Å²) in [6.45, 7) is 2.09. The molecule has 0 saturated carbocycles. The number of carbonyl (C=O) groups excluding carboxylic acids is 2. The highest BCUT2D eigenvalue weighted by Gasteiger charge is 2.22. The highest BCUT2D eigenvalue weighted by Crippen LogP contribution is 2.42. The molecule has 0 atom stereocenters. The molecule has 0 spiro atoms. The molecule has 6 nitrogen and oxygen atoms in total. The van der Waals surface area contributed by atoms with Crippen molar-refractivity contribution in [3.8, 4) is 16.2 Å². The first-order valence-corrected chi connectivity index (χ1v) is 11.8. The van der Waals surface area contributed by atoms with Gasteiger partial charge in [0.15, 0.2) is 0 Å². The van der Waals surface area contributed by atoms with E-state index in [0.29, 0.717) is 17.2 Å². The van der Waals surface area contributed by atoms with Crippen molar-refractivity contribution in [2.45, 2.75) is 32.3 Å². The van der Waals surface area contributed by atoms with Crippen LogP contribution in [0.3, 0.4) is 0 Å². The molecular weight excluding hydrogens is 422 g/mol. The van der Waals surface area contributed by atoms with Crippen molar-refractivity contribution in [1.82, 2.24) is 4.90 Å². The first kappa shape index (κ1) is 20.6. The third kappa shape index (κ3) is 4.34. The number of benzene rings is 2. The van der Waals surface area contributed by atoms with Gasteiger partial charge in [-0.15, -0.1) is 11.3 Å². The van der Waals surface area contributed by atoms with Gasteiger partial charge in [0.2, 0.25) is 0 Å². The minimum absolute atomic E-state index is 0.0599. The fraction of sp³-hybridized carbons (Fsp3) is 0.280. The number of nitrogens with one attached hydrogen (secondary N) is 2. The van der Waals surface area contributed by atoms with Gasteiger partial charge in [-0.3, -0.25) is 4.79 Å². The zero-order valence-electron chi connectivity index (χ0n) is 17.7. The molecule has 32 heavy (non-hydrogen) atoms. The zero-order valence-corrected chi connectivity index (χ0v) is 18.5. The van der Waals surface area contributed by atoms with Crippen LogP contribution in [0.15, 0.2) is 54.6 Å². The highest BCUT2D eigenvalue weighted by atomic mass is 32.1. The SMILES string of the molecule is O=C(Nc1ccc(NC(=O)N2CCCCCC2)cc1)c1cc2c(s1)-c1ccccc1OC2. The van der Waals surface area contributed by atoms with Crippen molar-refractivity contribution in [2.24, 2.45) is 0 Å². The minimum atomic E-state index is -0.150. The molecule has 3 aromatic rings. The van der Waals surface area contributed by atoms with Crippen LogP contribution >= 0.6 is 11.3 Å². The minimum Gasteiger partial charge on any atom is -0.488 e. The molecule has 1 aromatic heterocycles. The quantitative estimate of drug-likeness (QED) is 0.520. The van der Waals surface area contributed by atoms with Gasteiger partial charge in [0.25, 0.3) is 5.91 Å². The molecule has 7 heteroatoms. The molecule has 2 aliphatic heterocycles. The van der Waals surface area contributed by atoms with Crippen LogP contribution in [0, 0.1) is 0 Å². The van der Waals surface area contributed by atoms with E-state index in [9.17, 15) is 9.59 Å². The zero-order chi connectivity index (χ0) is 21.9. The molecule has 0 aliphatic carbocycles. The first-order chi connectivity index (χ1) is 15.7. The number of amides is 3. The van der Waals surface area contributed by atoms with Crippen molar-refractivity contribution >= 4 is 34.6 Å². The number of hydrogen-bond donors (Lipinski definition) is 2. The third-order valence-electron chi connectivity index (χ3n) is 5.83. The number of thiophene rings is 1. The molecule has 2 aromatic carbocycles. The smallest absolute Gasteiger partial charge is 0.321 e. The molecule has 0 unspecified atom stereocenters. The van der Waals surface area contributed by atoms with E-state index in [1.54, 1.807) is 0 Å². The summed E-state index contributed by atoms with van der Waals surface area (Å²) < 4.78 is 5.79. The van der Waals surface area contributed by atoms with Gasteiger partial charge in [0, 0.05) is 40.5 Å². The van der Waals surface area contributed by atoms with Gasteiger partial charge >= 0.3 is 6.03 Å². The Morgan fingerprint density at radius 2 is 1.56 bits per heavy atom. The lowest BCUT2D eigenvalue weighted by Crippen LogP contribution is -2.35. The van der Waals surface area contributed by atoms with Gasteiger partial charge < -0.3 is 20.3 Å². The van der Waals surface area contributed by atoms with Crippen molar-refractivity contribution in [1.29, 1.82) is 0 Å². The van der Waals surface area contributed by atoms with E-state index in [-0.39, 0.29) is 11.9 Å². The van der Waals surface area contributed by atoms with Gasteiger partial charge in [-0.05, 0) is 55.3 Å². The van der Waals surface area contributed by atoms with Crippen LogP contribution in [-0.4, -0.2) is 29.9 Å². The van der Waals surface area contributed by atoms with Crippen LogP contribution in [0.2, 0.25) is 0 Å². The average molecular weight is 448 g/mol. The standard InChI is InChI=1S/C25H25N3O3S/c29-24(22-15-17-16-31-21-8-4-3-7-20(21)23(17)32-22)26-18-9-11-19(12-10-18)27-25(30)28-13-5-1-2-6-14-28/h3-4,7-12,15H,1-2,5-6,13-14,16H2,(H,26,29)(H,27,30). The summed E-state index contributed by atoms with van der Waals surface area (Å²) in [7, 11) is 0. The van der Waals surface area contributed by atoms with E-state index in [2.05, 4.69) is 10.6 Å². The topological polar surface area (TPSA) is 70.7 Å². The van der Waals surface area contributed by atoms with E-state index in [1.165, 1.54) is 24.2 Å². The van der Waals surface area contributed by atoms with Crippen LogP contribution in [0.4, 0.5) is 16.2 Å². The Morgan fingerprint density at radius 1 is 0.875 bits per heavy atom. The fourth-order valence-electron chi connectivity index (χ4n) is 4.12. The Hall–Kier alpha value is -3.32. The van der Waals surface area contributed by atoms with E-state index in [1.807, 2.05) is 59.5 Å². The van der Waals surface area contributed by atoms with E-state index in [4.69, 9.17) is 4.74 Å². The summed E-state index contributed by atoms with van der Waals surface area (Å²) in [6.07, 6.45) is 4.49. The molecule has 5 rings (SSSR count). The number of ether oxygens (including phenoxy) is 1. The fourth-order valence-corrected chi connectivity index (χ4v) is 5.21. The number of fused-ring (bicyclic) bond motifs is 3. The van der Waals surface area contributed by atoms with Gasteiger partial charge in [0.1, 0.15) is 12.4 Å². The number of para-hydroxylation sites is 1. The first-order valence-electron chi connectivity index (χ1n) is 11.0. The molecule has 2 N–H and O–H groups in total. The normalized spacial score (nSPS) is 15.1. The Morgan fingerprint density at radius 3 is 2.31 bits per heavy atom. The second-order valence-corrected chi connectivity index (χ2v) is 9.16. The third-order valence-corrected chi connectivity index (χ3v) is 7.04. The van der Waals surface area contributed by atoms with Crippen molar-refractivity contribution < 1.29 is 14.3 Å². The summed E-state index contributed by atoms with van der Waals surface area (Å²) in [5.41, 5.74) is 3.47. The molecule has 3 amide bonds. The predicted octanol–water partition coefficient (Wildman–Crippen LogP) is 5.97. The number of urea groups is 1. The molecule has 1 saturated heterocycles. The number of rotatable bonds is 3. The maximum absolute atomic E-state index is 12.8. The van der Waals surface area contributed by atoms with Crippen molar-refractivity contribution in [3.63, 3.8) is 0 Å². The Bertz CT molecular complexity index is 1130. The number of nitrogens with zero attached hydrogens (tertiary/aromatic N) is 1. The van der Waals surface area contributed by atoms with Gasteiger partial charge in [0.05, 0.1) is 4.88 Å². The number of anilines is 2.